The second kappa shape index (κ2) is 5.47. The van der Waals surface area contributed by atoms with E-state index in [2.05, 4.69) is 10.6 Å². The number of hydrogen-bond donors (Lipinski definition) is 3. The van der Waals surface area contributed by atoms with Gasteiger partial charge < -0.3 is 15.2 Å². The van der Waals surface area contributed by atoms with E-state index >= 15 is 0 Å². The average Bonchev–Trinajstić information content (AvgIpc) is 2.44. The van der Waals surface area contributed by atoms with Crippen LogP contribution in [0.2, 0.25) is 0 Å². The first kappa shape index (κ1) is 16.2. The summed E-state index contributed by atoms with van der Waals surface area (Å²) in [6.07, 6.45) is 3.46. The summed E-state index contributed by atoms with van der Waals surface area (Å²) in [5.41, 5.74) is -1.42. The Morgan fingerprint density at radius 2 is 1.78 bits per heavy atom. The highest BCUT2D eigenvalue weighted by Crippen LogP contribution is 2.62. The molecule has 0 aromatic heterocycles. The quantitative estimate of drug-likeness (QED) is 0.663. The van der Waals surface area contributed by atoms with Crippen LogP contribution in [0.15, 0.2) is 0 Å². The van der Waals surface area contributed by atoms with Crippen molar-refractivity contribution in [2.24, 2.45) is 17.3 Å². The van der Waals surface area contributed by atoms with Crippen LogP contribution in [-0.4, -0.2) is 41.8 Å². The maximum Gasteiger partial charge on any atom is 0.321 e. The number of carbonyl (C=O) groups is 3. The summed E-state index contributed by atoms with van der Waals surface area (Å²) in [5, 5.41) is 15.0. The van der Waals surface area contributed by atoms with Gasteiger partial charge in [-0.3, -0.25) is 14.9 Å². The Labute approximate surface area is 135 Å². The third-order valence-electron chi connectivity index (χ3n) is 5.58. The molecule has 3 amide bonds. The number of nitrogens with one attached hydrogen (secondary N) is 2. The zero-order valence-electron chi connectivity index (χ0n) is 13.6. The first-order valence-electron chi connectivity index (χ1n) is 8.21. The van der Waals surface area contributed by atoms with Gasteiger partial charge in [0.05, 0.1) is 11.0 Å². The van der Waals surface area contributed by atoms with Crippen LogP contribution in [-0.2, 0) is 14.3 Å². The fraction of sp³-hybridized carbons (Fsp3) is 0.812. The number of ether oxygens (including phenoxy) is 1. The van der Waals surface area contributed by atoms with Crippen molar-refractivity contribution < 1.29 is 24.2 Å². The Morgan fingerprint density at radius 3 is 2.30 bits per heavy atom. The summed E-state index contributed by atoms with van der Waals surface area (Å²) >= 11 is 0. The molecule has 7 heteroatoms. The van der Waals surface area contributed by atoms with Crippen molar-refractivity contribution in [3.8, 4) is 0 Å². The highest BCUT2D eigenvalue weighted by molar-refractivity contribution is 5.97. The van der Waals surface area contributed by atoms with E-state index in [1.54, 1.807) is 0 Å². The third kappa shape index (κ3) is 2.94. The maximum atomic E-state index is 12.7. The second-order valence-corrected chi connectivity index (χ2v) is 7.58. The van der Waals surface area contributed by atoms with Crippen LogP contribution in [0.25, 0.3) is 0 Å². The Hall–Kier alpha value is -1.63. The number of aliphatic hydroxyl groups is 1. The number of amides is 3. The highest BCUT2D eigenvalue weighted by atomic mass is 16.5. The lowest BCUT2D eigenvalue weighted by Crippen LogP contribution is -2.59. The molecule has 128 valence electrons. The zero-order chi connectivity index (χ0) is 16.8. The molecule has 0 aromatic rings. The monoisotopic (exact) mass is 324 g/mol. The molecule has 0 aliphatic heterocycles. The Kier molecular flexibility index (Phi) is 3.86. The minimum atomic E-state index is -1.04. The van der Waals surface area contributed by atoms with Gasteiger partial charge in [0, 0.05) is 7.05 Å². The van der Waals surface area contributed by atoms with Gasteiger partial charge in [-0.25, -0.2) is 4.79 Å². The summed E-state index contributed by atoms with van der Waals surface area (Å²) in [6.45, 7) is 1.45. The standard InChI is InChI=1S/C16H24N2O5/c1-9(12(19)18-14(21)17-2)23-13(20)15-4-10-3-11(5-15)7-16(22,6-10)8-15/h9-11,22H,3-8H2,1-2H3,(H2,17,18,19,21)/t9-,10-,11-,15?,16?/m1/s1. The predicted molar refractivity (Wildman–Crippen MR) is 80.2 cm³/mol. The number of rotatable bonds is 3. The molecule has 4 saturated carbocycles. The molecule has 0 unspecified atom stereocenters. The largest absolute Gasteiger partial charge is 0.452 e. The van der Waals surface area contributed by atoms with E-state index in [0.717, 1.165) is 32.1 Å². The number of imide groups is 1. The van der Waals surface area contributed by atoms with Crippen molar-refractivity contribution in [3.05, 3.63) is 0 Å². The molecule has 4 aliphatic rings. The molecule has 0 saturated heterocycles. The average molecular weight is 324 g/mol. The molecule has 4 fully saturated rings. The van der Waals surface area contributed by atoms with Crippen molar-refractivity contribution in [2.45, 2.75) is 57.2 Å². The lowest BCUT2D eigenvalue weighted by atomic mass is 9.48. The van der Waals surface area contributed by atoms with Gasteiger partial charge in [0.15, 0.2) is 6.10 Å². The van der Waals surface area contributed by atoms with Gasteiger partial charge in [-0.05, 0) is 57.3 Å². The van der Waals surface area contributed by atoms with E-state index < -0.39 is 35.0 Å². The lowest BCUT2D eigenvalue weighted by Gasteiger charge is -2.58. The molecule has 3 N–H and O–H groups in total. The molecule has 23 heavy (non-hydrogen) atoms. The summed E-state index contributed by atoms with van der Waals surface area (Å²) in [4.78, 5) is 35.7. The van der Waals surface area contributed by atoms with Crippen molar-refractivity contribution in [3.63, 3.8) is 0 Å². The molecule has 0 spiro atoms. The molecule has 4 bridgehead atoms. The molecule has 4 aliphatic carbocycles. The van der Waals surface area contributed by atoms with E-state index in [9.17, 15) is 19.5 Å². The van der Waals surface area contributed by atoms with Gasteiger partial charge in [-0.1, -0.05) is 0 Å². The van der Waals surface area contributed by atoms with E-state index in [-0.39, 0.29) is 0 Å². The highest BCUT2D eigenvalue weighted by Gasteiger charge is 2.61. The van der Waals surface area contributed by atoms with Crippen LogP contribution < -0.4 is 10.6 Å². The number of carbonyl (C=O) groups excluding carboxylic acids is 3. The summed E-state index contributed by atoms with van der Waals surface area (Å²) < 4.78 is 5.35. The summed E-state index contributed by atoms with van der Waals surface area (Å²) in [7, 11) is 1.40. The van der Waals surface area contributed by atoms with E-state index in [4.69, 9.17) is 4.74 Å². The second-order valence-electron chi connectivity index (χ2n) is 7.58. The van der Waals surface area contributed by atoms with E-state index in [0.29, 0.717) is 18.3 Å². The predicted octanol–water partition coefficient (Wildman–Crippen LogP) is 0.705. The van der Waals surface area contributed by atoms with Crippen LogP contribution in [0, 0.1) is 17.3 Å². The fourth-order valence-corrected chi connectivity index (χ4v) is 5.07. The van der Waals surface area contributed by atoms with Gasteiger partial charge in [0.2, 0.25) is 0 Å². The lowest BCUT2D eigenvalue weighted by molar-refractivity contribution is -0.199. The van der Waals surface area contributed by atoms with Crippen LogP contribution in [0.1, 0.15) is 45.4 Å². The van der Waals surface area contributed by atoms with Crippen LogP contribution in [0.3, 0.4) is 0 Å². The Balaban J connectivity index is 1.66. The van der Waals surface area contributed by atoms with Gasteiger partial charge in [0.25, 0.3) is 5.91 Å². The molecule has 0 heterocycles. The van der Waals surface area contributed by atoms with E-state index in [1.165, 1.54) is 14.0 Å². The molecular weight excluding hydrogens is 300 g/mol. The maximum absolute atomic E-state index is 12.7. The number of urea groups is 1. The van der Waals surface area contributed by atoms with Gasteiger partial charge in [-0.15, -0.1) is 0 Å². The smallest absolute Gasteiger partial charge is 0.321 e. The molecule has 4 rings (SSSR count). The van der Waals surface area contributed by atoms with Crippen LogP contribution in [0.4, 0.5) is 4.79 Å². The van der Waals surface area contributed by atoms with Crippen molar-refractivity contribution in [2.75, 3.05) is 7.05 Å². The molecule has 7 nitrogen and oxygen atoms in total. The van der Waals surface area contributed by atoms with Gasteiger partial charge in [0.1, 0.15) is 0 Å². The number of esters is 1. The van der Waals surface area contributed by atoms with Crippen molar-refractivity contribution >= 4 is 17.9 Å². The van der Waals surface area contributed by atoms with Crippen LogP contribution >= 0.6 is 0 Å². The minimum absolute atomic E-state index is 0.365. The first-order chi connectivity index (χ1) is 10.8. The summed E-state index contributed by atoms with van der Waals surface area (Å²) in [6, 6.07) is -0.637. The normalized spacial score (nSPS) is 38.7. The Morgan fingerprint density at radius 1 is 1.17 bits per heavy atom. The van der Waals surface area contributed by atoms with E-state index in [1.807, 2.05) is 0 Å². The topological polar surface area (TPSA) is 105 Å². The van der Waals surface area contributed by atoms with Crippen molar-refractivity contribution in [1.29, 1.82) is 0 Å². The van der Waals surface area contributed by atoms with Crippen LogP contribution in [0.5, 0.6) is 0 Å². The Bertz CT molecular complexity index is 533. The molecule has 3 atom stereocenters. The summed E-state index contributed by atoms with van der Waals surface area (Å²) in [5.74, 6) is -0.335. The zero-order valence-corrected chi connectivity index (χ0v) is 13.6. The van der Waals surface area contributed by atoms with Gasteiger partial charge in [-0.2, -0.15) is 0 Å². The molecular formula is C16H24N2O5. The fourth-order valence-electron chi connectivity index (χ4n) is 5.07. The van der Waals surface area contributed by atoms with Gasteiger partial charge >= 0.3 is 12.0 Å². The van der Waals surface area contributed by atoms with Crippen molar-refractivity contribution in [1.82, 2.24) is 10.6 Å². The third-order valence-corrected chi connectivity index (χ3v) is 5.58. The molecule has 0 radical (unpaired) electrons. The number of hydrogen-bond acceptors (Lipinski definition) is 5. The minimum Gasteiger partial charge on any atom is -0.452 e. The first-order valence-corrected chi connectivity index (χ1v) is 8.21. The molecule has 0 aromatic carbocycles. The SMILES string of the molecule is CNC(=O)NC(=O)[C@@H](C)OC(=O)C12C[C@H]3C[C@@H](CC(O)(C3)C1)C2.